The minimum Gasteiger partial charge on any atom is -0.493 e. The topological polar surface area (TPSA) is 67.9 Å². The van der Waals surface area contributed by atoms with E-state index in [1.807, 2.05) is 30.3 Å². The molecular formula is C27H23ClN2O4S2. The number of hydrogen-bond acceptors (Lipinski definition) is 6. The summed E-state index contributed by atoms with van der Waals surface area (Å²) >= 11 is 12.6. The number of nitrogens with one attached hydrogen (secondary N) is 1. The van der Waals surface area contributed by atoms with Crippen molar-refractivity contribution in [2.75, 3.05) is 25.6 Å². The summed E-state index contributed by atoms with van der Waals surface area (Å²) in [6.45, 7) is 0.332. The second-order valence-corrected chi connectivity index (χ2v) is 9.94. The summed E-state index contributed by atoms with van der Waals surface area (Å²) in [5, 5.41) is 3.33. The summed E-state index contributed by atoms with van der Waals surface area (Å²) < 4.78 is 11.6. The van der Waals surface area contributed by atoms with Crippen molar-refractivity contribution >= 4 is 63.5 Å². The second-order valence-electron chi connectivity index (χ2n) is 7.82. The third-order valence-corrected chi connectivity index (χ3v) is 6.94. The molecule has 0 atom stereocenters. The highest BCUT2D eigenvalue weighted by molar-refractivity contribution is 8.26. The molecule has 2 amide bonds. The molecule has 0 saturated carbocycles. The molecule has 0 radical (unpaired) electrons. The van der Waals surface area contributed by atoms with Crippen LogP contribution in [0, 0.1) is 0 Å². The normalized spacial score (nSPS) is 14.3. The number of nitrogens with zero attached hydrogens (tertiary/aromatic N) is 1. The number of anilines is 1. The lowest BCUT2D eigenvalue weighted by Gasteiger charge is -2.14. The maximum Gasteiger partial charge on any atom is 0.266 e. The maximum absolute atomic E-state index is 13.0. The fourth-order valence-corrected chi connectivity index (χ4v) is 4.93. The van der Waals surface area contributed by atoms with E-state index in [2.05, 4.69) is 5.32 Å². The largest absolute Gasteiger partial charge is 0.493 e. The Balaban J connectivity index is 1.38. The van der Waals surface area contributed by atoms with Crippen LogP contribution in [0.3, 0.4) is 0 Å². The quantitative estimate of drug-likeness (QED) is 0.274. The van der Waals surface area contributed by atoms with Crippen molar-refractivity contribution in [1.29, 1.82) is 0 Å². The molecule has 0 spiro atoms. The van der Waals surface area contributed by atoms with Crippen LogP contribution in [0.1, 0.15) is 11.1 Å². The molecule has 1 N–H and O–H groups in total. The van der Waals surface area contributed by atoms with Crippen LogP contribution < -0.4 is 14.8 Å². The van der Waals surface area contributed by atoms with E-state index in [-0.39, 0.29) is 18.4 Å². The Morgan fingerprint density at radius 1 is 1.08 bits per heavy atom. The van der Waals surface area contributed by atoms with Gasteiger partial charge in [0.25, 0.3) is 11.8 Å². The number of carbonyl (C=O) groups excluding carboxylic acids is 2. The molecule has 0 bridgehead atoms. The van der Waals surface area contributed by atoms with Gasteiger partial charge < -0.3 is 14.8 Å². The highest BCUT2D eigenvalue weighted by Crippen LogP contribution is 2.35. The third-order valence-electron chi connectivity index (χ3n) is 5.31. The molecule has 3 aromatic carbocycles. The van der Waals surface area contributed by atoms with Crippen LogP contribution in [0.2, 0.25) is 5.02 Å². The first kappa shape index (κ1) is 25.8. The van der Waals surface area contributed by atoms with Crippen LogP contribution >= 0.6 is 35.6 Å². The van der Waals surface area contributed by atoms with Crippen LogP contribution in [0.5, 0.6) is 11.5 Å². The fourth-order valence-electron chi connectivity index (χ4n) is 3.50. The van der Waals surface area contributed by atoms with Gasteiger partial charge in [-0.3, -0.25) is 14.5 Å². The number of amides is 2. The fraction of sp³-hybridized carbons (Fsp3) is 0.148. The summed E-state index contributed by atoms with van der Waals surface area (Å²) in [6.07, 6.45) is 2.51. The van der Waals surface area contributed by atoms with E-state index in [0.29, 0.717) is 38.0 Å². The van der Waals surface area contributed by atoms with Crippen molar-refractivity contribution in [2.45, 2.75) is 6.42 Å². The van der Waals surface area contributed by atoms with Gasteiger partial charge in [0.15, 0.2) is 18.1 Å². The third kappa shape index (κ3) is 6.66. The lowest BCUT2D eigenvalue weighted by atomic mass is 10.1. The van der Waals surface area contributed by atoms with E-state index in [1.54, 1.807) is 53.4 Å². The van der Waals surface area contributed by atoms with Crippen molar-refractivity contribution in [3.8, 4) is 11.5 Å². The number of carbonyl (C=O) groups is 2. The molecule has 1 aliphatic heterocycles. The van der Waals surface area contributed by atoms with Gasteiger partial charge in [-0.1, -0.05) is 72.0 Å². The molecule has 1 saturated heterocycles. The number of benzene rings is 3. The van der Waals surface area contributed by atoms with Crippen molar-refractivity contribution in [2.24, 2.45) is 0 Å². The SMILES string of the molecule is COc1cc(/C=C2\SC(=S)N(CCc3ccccc3)C2=O)ccc1OCC(=O)Nc1ccc(Cl)cc1. The smallest absolute Gasteiger partial charge is 0.266 e. The van der Waals surface area contributed by atoms with Crippen LogP contribution in [0.25, 0.3) is 6.08 Å². The van der Waals surface area contributed by atoms with Crippen molar-refractivity contribution in [3.63, 3.8) is 0 Å². The number of ether oxygens (including phenoxy) is 2. The van der Waals surface area contributed by atoms with E-state index < -0.39 is 0 Å². The van der Waals surface area contributed by atoms with Gasteiger partial charge in [0.2, 0.25) is 0 Å². The molecule has 6 nitrogen and oxygen atoms in total. The predicted molar refractivity (Wildman–Crippen MR) is 149 cm³/mol. The highest BCUT2D eigenvalue weighted by atomic mass is 35.5. The van der Waals surface area contributed by atoms with Crippen LogP contribution in [-0.4, -0.2) is 41.3 Å². The van der Waals surface area contributed by atoms with Gasteiger partial charge in [0, 0.05) is 17.3 Å². The van der Waals surface area contributed by atoms with Gasteiger partial charge in [-0.05, 0) is 60.0 Å². The Labute approximate surface area is 224 Å². The van der Waals surface area contributed by atoms with Crippen molar-refractivity contribution in [3.05, 3.63) is 93.9 Å². The van der Waals surface area contributed by atoms with E-state index in [0.717, 1.165) is 17.5 Å². The van der Waals surface area contributed by atoms with Gasteiger partial charge in [0.05, 0.1) is 12.0 Å². The molecule has 1 heterocycles. The molecule has 1 aliphatic rings. The van der Waals surface area contributed by atoms with Gasteiger partial charge in [-0.15, -0.1) is 0 Å². The monoisotopic (exact) mass is 538 g/mol. The summed E-state index contributed by atoms with van der Waals surface area (Å²) in [4.78, 5) is 27.4. The lowest BCUT2D eigenvalue weighted by Crippen LogP contribution is -2.30. The van der Waals surface area contributed by atoms with E-state index in [4.69, 9.17) is 33.3 Å². The first-order valence-electron chi connectivity index (χ1n) is 11.1. The van der Waals surface area contributed by atoms with Crippen molar-refractivity contribution in [1.82, 2.24) is 4.90 Å². The van der Waals surface area contributed by atoms with Crippen LogP contribution in [0.4, 0.5) is 5.69 Å². The minimum absolute atomic E-state index is 0.112. The Bertz CT molecular complexity index is 1300. The zero-order chi connectivity index (χ0) is 25.5. The highest BCUT2D eigenvalue weighted by Gasteiger charge is 2.31. The number of rotatable bonds is 9. The maximum atomic E-state index is 13.0. The summed E-state index contributed by atoms with van der Waals surface area (Å²) in [7, 11) is 1.52. The Morgan fingerprint density at radius 3 is 2.56 bits per heavy atom. The second kappa shape index (κ2) is 12.1. The zero-order valence-corrected chi connectivity index (χ0v) is 21.8. The number of halogens is 1. The molecule has 4 rings (SSSR count). The van der Waals surface area contributed by atoms with Crippen molar-refractivity contribution < 1.29 is 19.1 Å². The molecule has 3 aromatic rings. The molecule has 9 heteroatoms. The Hall–Kier alpha value is -3.33. The van der Waals surface area contributed by atoms with Crippen LogP contribution in [-0.2, 0) is 16.0 Å². The summed E-state index contributed by atoms with van der Waals surface area (Å²) in [5.74, 6) is 0.431. The average Bonchev–Trinajstić information content (AvgIpc) is 3.15. The predicted octanol–water partition coefficient (Wildman–Crippen LogP) is 5.81. The minimum atomic E-state index is -0.317. The zero-order valence-electron chi connectivity index (χ0n) is 19.4. The molecular weight excluding hydrogens is 516 g/mol. The number of thioether (sulfide) groups is 1. The first-order chi connectivity index (χ1) is 17.4. The average molecular weight is 539 g/mol. The molecule has 1 fully saturated rings. The number of thiocarbonyl (C=S) groups is 1. The number of hydrogen-bond donors (Lipinski definition) is 1. The number of methoxy groups -OCH3 is 1. The molecule has 0 aromatic heterocycles. The molecule has 0 unspecified atom stereocenters. The van der Waals surface area contributed by atoms with E-state index in [9.17, 15) is 9.59 Å². The van der Waals surface area contributed by atoms with Gasteiger partial charge in [-0.25, -0.2) is 0 Å². The molecule has 184 valence electrons. The Morgan fingerprint density at radius 2 is 1.83 bits per heavy atom. The lowest BCUT2D eigenvalue weighted by molar-refractivity contribution is -0.122. The molecule has 0 aliphatic carbocycles. The first-order valence-corrected chi connectivity index (χ1v) is 12.7. The van der Waals surface area contributed by atoms with Gasteiger partial charge in [-0.2, -0.15) is 0 Å². The van der Waals surface area contributed by atoms with E-state index in [1.165, 1.54) is 18.9 Å². The summed E-state index contributed by atoms with van der Waals surface area (Å²) in [5.41, 5.74) is 2.53. The summed E-state index contributed by atoms with van der Waals surface area (Å²) in [6, 6.07) is 22.0. The standard InChI is InChI=1S/C27H23ClN2O4S2/c1-33-23-15-19(7-12-22(23)34-17-25(31)29-21-10-8-20(28)9-11-21)16-24-26(32)30(27(35)36-24)14-13-18-5-3-2-4-6-18/h2-12,15-16H,13-14,17H2,1H3,(H,29,31)/b24-16-. The van der Waals surface area contributed by atoms with Crippen LogP contribution in [0.15, 0.2) is 77.7 Å². The molecule has 36 heavy (non-hydrogen) atoms. The van der Waals surface area contributed by atoms with Gasteiger partial charge >= 0.3 is 0 Å². The van der Waals surface area contributed by atoms with E-state index >= 15 is 0 Å². The Kier molecular flexibility index (Phi) is 8.64. The van der Waals surface area contributed by atoms with Gasteiger partial charge in [0.1, 0.15) is 4.32 Å².